The molecule has 1 saturated heterocycles. The summed E-state index contributed by atoms with van der Waals surface area (Å²) in [7, 11) is 0. The molecule has 1 unspecified atom stereocenters. The molecule has 4 heterocycles. The summed E-state index contributed by atoms with van der Waals surface area (Å²) in [6.07, 6.45) is 5.52. The van der Waals surface area contributed by atoms with Crippen LogP contribution >= 0.6 is 0 Å². The third kappa shape index (κ3) is 3.85. The second kappa shape index (κ2) is 8.81. The molecule has 0 amide bonds. The summed E-state index contributed by atoms with van der Waals surface area (Å²) in [5.74, 6) is 2.09. The Labute approximate surface area is 199 Å². The Morgan fingerprint density at radius 1 is 1.00 bits per heavy atom. The van der Waals surface area contributed by atoms with E-state index in [2.05, 4.69) is 61.9 Å². The summed E-state index contributed by atoms with van der Waals surface area (Å²) in [4.78, 5) is 16.4. The normalized spacial score (nSPS) is 19.8. The van der Waals surface area contributed by atoms with E-state index in [1.165, 1.54) is 5.56 Å². The molecule has 2 atom stereocenters. The molecule has 2 aliphatic rings. The molecule has 7 nitrogen and oxygen atoms in total. The molecule has 6 rings (SSSR count). The number of ether oxygens (including phenoxy) is 1. The summed E-state index contributed by atoms with van der Waals surface area (Å²) < 4.78 is 8.19. The highest BCUT2D eigenvalue weighted by molar-refractivity contribution is 5.83. The average Bonchev–Trinajstić information content (AvgIpc) is 3.27. The zero-order valence-electron chi connectivity index (χ0n) is 19.3. The molecule has 0 radical (unpaired) electrons. The van der Waals surface area contributed by atoms with Crippen LogP contribution in [0.4, 0.5) is 5.95 Å². The van der Waals surface area contributed by atoms with Gasteiger partial charge < -0.3 is 19.3 Å². The minimum Gasteiger partial charge on any atom is -0.393 e. The molecule has 2 aromatic heterocycles. The van der Waals surface area contributed by atoms with Gasteiger partial charge in [-0.3, -0.25) is 0 Å². The van der Waals surface area contributed by atoms with E-state index < -0.39 is 0 Å². The van der Waals surface area contributed by atoms with Crippen molar-refractivity contribution < 1.29 is 9.84 Å². The van der Waals surface area contributed by atoms with E-state index in [1.807, 2.05) is 25.4 Å². The maximum absolute atomic E-state index is 9.85. The Kier molecular flexibility index (Phi) is 5.51. The largest absolute Gasteiger partial charge is 0.393 e. The van der Waals surface area contributed by atoms with Crippen molar-refractivity contribution >= 4 is 17.0 Å². The third-order valence-corrected chi connectivity index (χ3v) is 7.24. The second-order valence-electron chi connectivity index (χ2n) is 9.38. The standard InChI is InChI=1S/C27H29N5O2/c1-18(33)19-9-11-31(12-10-19)27-28-14-22(15-29-27)21-7-8-23-24(13-21)32-25(16-34-17-26(32)30-23)20-5-3-2-4-6-20/h2-8,13-15,18-19,25,33H,9-12,16-17H2,1H3/t18?,25-/m1/s1. The van der Waals surface area contributed by atoms with E-state index in [4.69, 9.17) is 9.72 Å². The minimum absolute atomic E-state index is 0.105. The first-order valence-electron chi connectivity index (χ1n) is 12.1. The van der Waals surface area contributed by atoms with Crippen molar-refractivity contribution in [1.29, 1.82) is 0 Å². The molecule has 2 aliphatic heterocycles. The van der Waals surface area contributed by atoms with Crippen LogP contribution in [0.15, 0.2) is 60.9 Å². The van der Waals surface area contributed by atoms with Crippen molar-refractivity contribution in [2.45, 2.75) is 38.5 Å². The monoisotopic (exact) mass is 455 g/mol. The predicted molar refractivity (Wildman–Crippen MR) is 132 cm³/mol. The Bertz CT molecular complexity index is 1280. The van der Waals surface area contributed by atoms with Crippen LogP contribution < -0.4 is 4.90 Å². The van der Waals surface area contributed by atoms with Gasteiger partial charge >= 0.3 is 0 Å². The SMILES string of the molecule is CC(O)C1CCN(c2ncc(-c3ccc4nc5n(c4c3)[C@@H](c3ccccc3)COC5)cn2)CC1. The number of hydrogen-bond donors (Lipinski definition) is 1. The smallest absolute Gasteiger partial charge is 0.225 e. The van der Waals surface area contributed by atoms with Crippen LogP contribution in [0.5, 0.6) is 0 Å². The molecule has 174 valence electrons. The number of aliphatic hydroxyl groups is 1. The number of aliphatic hydroxyl groups excluding tert-OH is 1. The van der Waals surface area contributed by atoms with E-state index in [-0.39, 0.29) is 12.1 Å². The zero-order chi connectivity index (χ0) is 23.1. The average molecular weight is 456 g/mol. The molecule has 1 N–H and O–H groups in total. The molecule has 4 aromatic rings. The lowest BCUT2D eigenvalue weighted by molar-refractivity contribution is 0.0679. The number of aromatic nitrogens is 4. The lowest BCUT2D eigenvalue weighted by Crippen LogP contribution is -2.37. The van der Waals surface area contributed by atoms with Crippen LogP contribution in [0, 0.1) is 5.92 Å². The maximum Gasteiger partial charge on any atom is 0.225 e. The van der Waals surface area contributed by atoms with Crippen LogP contribution in [0.25, 0.3) is 22.2 Å². The quantitative estimate of drug-likeness (QED) is 0.497. The van der Waals surface area contributed by atoms with Gasteiger partial charge in [0.05, 0.1) is 29.8 Å². The number of rotatable bonds is 4. The van der Waals surface area contributed by atoms with E-state index in [0.717, 1.165) is 59.9 Å². The number of nitrogens with zero attached hydrogens (tertiary/aromatic N) is 5. The summed E-state index contributed by atoms with van der Waals surface area (Å²) in [5, 5.41) is 9.85. The van der Waals surface area contributed by atoms with Crippen LogP contribution in [0.2, 0.25) is 0 Å². The van der Waals surface area contributed by atoms with Crippen molar-refractivity contribution in [2.24, 2.45) is 5.92 Å². The second-order valence-corrected chi connectivity index (χ2v) is 9.38. The van der Waals surface area contributed by atoms with Gasteiger partial charge in [0.15, 0.2) is 0 Å². The van der Waals surface area contributed by atoms with Crippen molar-refractivity contribution in [2.75, 3.05) is 24.6 Å². The fourth-order valence-corrected chi connectivity index (χ4v) is 5.24. The Morgan fingerprint density at radius 2 is 1.76 bits per heavy atom. The van der Waals surface area contributed by atoms with Crippen LogP contribution in [0.1, 0.15) is 37.2 Å². The van der Waals surface area contributed by atoms with Gasteiger partial charge in [0.25, 0.3) is 0 Å². The predicted octanol–water partition coefficient (Wildman–Crippen LogP) is 4.21. The Balaban J connectivity index is 1.29. The first-order chi connectivity index (χ1) is 16.7. The molecule has 34 heavy (non-hydrogen) atoms. The number of piperidine rings is 1. The lowest BCUT2D eigenvalue weighted by Gasteiger charge is -2.33. The molecule has 0 spiro atoms. The van der Waals surface area contributed by atoms with E-state index in [9.17, 15) is 5.11 Å². The molecule has 0 aliphatic carbocycles. The van der Waals surface area contributed by atoms with Crippen molar-refractivity contribution in [3.05, 3.63) is 72.3 Å². The number of imidazole rings is 1. The van der Waals surface area contributed by atoms with Gasteiger partial charge in [-0.2, -0.15) is 0 Å². The molecule has 0 saturated carbocycles. The van der Waals surface area contributed by atoms with Crippen LogP contribution in [0.3, 0.4) is 0 Å². The Hall–Kier alpha value is -3.29. The number of anilines is 1. The highest BCUT2D eigenvalue weighted by Gasteiger charge is 2.26. The first-order valence-corrected chi connectivity index (χ1v) is 12.1. The number of hydrogen-bond acceptors (Lipinski definition) is 6. The summed E-state index contributed by atoms with van der Waals surface area (Å²) in [6, 6.07) is 16.9. The summed E-state index contributed by atoms with van der Waals surface area (Å²) >= 11 is 0. The van der Waals surface area contributed by atoms with Crippen LogP contribution in [-0.2, 0) is 11.3 Å². The molecule has 0 bridgehead atoms. The van der Waals surface area contributed by atoms with Gasteiger partial charge in [-0.15, -0.1) is 0 Å². The van der Waals surface area contributed by atoms with Crippen molar-refractivity contribution in [3.8, 4) is 11.1 Å². The number of fused-ring (bicyclic) bond motifs is 3. The Morgan fingerprint density at radius 3 is 2.50 bits per heavy atom. The third-order valence-electron chi connectivity index (χ3n) is 7.24. The molecule has 7 heteroatoms. The molecular weight excluding hydrogens is 426 g/mol. The van der Waals surface area contributed by atoms with Gasteiger partial charge in [-0.05, 0) is 48.9 Å². The maximum atomic E-state index is 9.85. The van der Waals surface area contributed by atoms with E-state index in [0.29, 0.717) is 19.1 Å². The molecule has 2 aromatic carbocycles. The van der Waals surface area contributed by atoms with Gasteiger partial charge in [0.2, 0.25) is 5.95 Å². The highest BCUT2D eigenvalue weighted by atomic mass is 16.5. The topological polar surface area (TPSA) is 76.3 Å². The zero-order valence-corrected chi connectivity index (χ0v) is 19.3. The van der Waals surface area contributed by atoms with Crippen molar-refractivity contribution in [3.63, 3.8) is 0 Å². The van der Waals surface area contributed by atoms with Gasteiger partial charge in [0.1, 0.15) is 12.4 Å². The minimum atomic E-state index is -0.247. The van der Waals surface area contributed by atoms with Gasteiger partial charge in [0, 0.05) is 31.0 Å². The van der Waals surface area contributed by atoms with Gasteiger partial charge in [-0.25, -0.2) is 15.0 Å². The first kappa shape index (κ1) is 21.3. The molecular formula is C27H29N5O2. The summed E-state index contributed by atoms with van der Waals surface area (Å²) in [6.45, 7) is 4.81. The summed E-state index contributed by atoms with van der Waals surface area (Å²) in [5.41, 5.74) is 5.37. The fraction of sp³-hybridized carbons (Fsp3) is 0.370. The molecule has 1 fully saturated rings. The fourth-order valence-electron chi connectivity index (χ4n) is 5.24. The van der Waals surface area contributed by atoms with Crippen molar-refractivity contribution in [1.82, 2.24) is 19.5 Å². The lowest BCUT2D eigenvalue weighted by atomic mass is 9.92. The number of benzene rings is 2. The van der Waals surface area contributed by atoms with Crippen LogP contribution in [-0.4, -0.2) is 50.4 Å². The van der Waals surface area contributed by atoms with Gasteiger partial charge in [-0.1, -0.05) is 36.4 Å². The highest BCUT2D eigenvalue weighted by Crippen LogP contribution is 2.33. The van der Waals surface area contributed by atoms with E-state index in [1.54, 1.807) is 0 Å². The van der Waals surface area contributed by atoms with E-state index >= 15 is 0 Å².